The third-order valence-electron chi connectivity index (χ3n) is 3.54. The van der Waals surface area contributed by atoms with Crippen LogP contribution in [-0.2, 0) is 16.0 Å². The molecule has 0 aromatic heterocycles. The van der Waals surface area contributed by atoms with Gasteiger partial charge in [0, 0.05) is 25.2 Å². The van der Waals surface area contributed by atoms with Gasteiger partial charge >= 0.3 is 5.97 Å². The van der Waals surface area contributed by atoms with Crippen molar-refractivity contribution < 1.29 is 13.9 Å². The van der Waals surface area contributed by atoms with Crippen LogP contribution in [0.2, 0.25) is 0 Å². The lowest BCUT2D eigenvalue weighted by Gasteiger charge is -2.18. The van der Waals surface area contributed by atoms with Gasteiger partial charge in [-0.2, -0.15) is 0 Å². The molecule has 20 heavy (non-hydrogen) atoms. The van der Waals surface area contributed by atoms with E-state index in [1.165, 1.54) is 6.07 Å². The summed E-state index contributed by atoms with van der Waals surface area (Å²) in [5.74, 6) is -0.801. The molecule has 0 amide bonds. The summed E-state index contributed by atoms with van der Waals surface area (Å²) in [6.07, 6.45) is 2.46. The topological polar surface area (TPSA) is 55.6 Å². The minimum absolute atomic E-state index is 0.158. The average Bonchev–Trinajstić information content (AvgIpc) is 2.95. The molecule has 0 radical (unpaired) electrons. The maximum atomic E-state index is 14.1. The fraction of sp³-hybridized carbons (Fsp3) is 0.533. The number of hydrogen-bond acceptors (Lipinski definition) is 4. The zero-order chi connectivity index (χ0) is 14.5. The average molecular weight is 280 g/mol. The van der Waals surface area contributed by atoms with Crippen LogP contribution in [0.4, 0.5) is 10.1 Å². The van der Waals surface area contributed by atoms with E-state index in [-0.39, 0.29) is 18.8 Å². The quantitative estimate of drug-likeness (QED) is 0.836. The highest BCUT2D eigenvalue weighted by Crippen LogP contribution is 2.23. The molecule has 1 atom stereocenters. The van der Waals surface area contributed by atoms with Gasteiger partial charge < -0.3 is 15.4 Å². The maximum Gasteiger partial charge on any atom is 0.323 e. The maximum absolute atomic E-state index is 14.1. The van der Waals surface area contributed by atoms with E-state index in [9.17, 15) is 9.18 Å². The van der Waals surface area contributed by atoms with Crippen molar-refractivity contribution in [2.24, 2.45) is 5.73 Å². The minimum Gasteiger partial charge on any atom is -0.465 e. The summed E-state index contributed by atoms with van der Waals surface area (Å²) >= 11 is 0. The first-order valence-electron chi connectivity index (χ1n) is 7.07. The SMILES string of the molecule is CCOC(=O)C(N)Cc1ccc(N2CCCC2)cc1F. The number of benzene rings is 1. The molecule has 1 heterocycles. The molecule has 1 aromatic rings. The van der Waals surface area contributed by atoms with Crippen LogP contribution in [0.5, 0.6) is 0 Å². The van der Waals surface area contributed by atoms with Crippen molar-refractivity contribution >= 4 is 11.7 Å². The molecular formula is C15H21FN2O2. The van der Waals surface area contributed by atoms with Gasteiger partial charge in [0.2, 0.25) is 0 Å². The van der Waals surface area contributed by atoms with Crippen LogP contribution in [0.25, 0.3) is 0 Å². The second kappa shape index (κ2) is 6.70. The second-order valence-electron chi connectivity index (χ2n) is 5.03. The number of halogens is 1. The number of nitrogens with two attached hydrogens (primary N) is 1. The molecule has 2 N–H and O–H groups in total. The van der Waals surface area contributed by atoms with E-state index in [1.54, 1.807) is 13.0 Å². The Morgan fingerprint density at radius 1 is 1.45 bits per heavy atom. The molecule has 4 nitrogen and oxygen atoms in total. The van der Waals surface area contributed by atoms with E-state index in [0.717, 1.165) is 31.6 Å². The highest BCUT2D eigenvalue weighted by Gasteiger charge is 2.19. The van der Waals surface area contributed by atoms with Gasteiger partial charge in [0.15, 0.2) is 0 Å². The molecule has 1 fully saturated rings. The Morgan fingerprint density at radius 2 is 2.15 bits per heavy atom. The first kappa shape index (κ1) is 14.8. The van der Waals surface area contributed by atoms with E-state index >= 15 is 0 Å². The number of hydrogen-bond donors (Lipinski definition) is 1. The fourth-order valence-corrected chi connectivity index (χ4v) is 2.44. The van der Waals surface area contributed by atoms with Crippen molar-refractivity contribution in [1.82, 2.24) is 0 Å². The van der Waals surface area contributed by atoms with Crippen LogP contribution in [-0.4, -0.2) is 31.7 Å². The molecule has 0 saturated carbocycles. The smallest absolute Gasteiger partial charge is 0.323 e. The van der Waals surface area contributed by atoms with Gasteiger partial charge in [-0.3, -0.25) is 4.79 Å². The fourth-order valence-electron chi connectivity index (χ4n) is 2.44. The summed E-state index contributed by atoms with van der Waals surface area (Å²) in [4.78, 5) is 13.6. The highest BCUT2D eigenvalue weighted by atomic mass is 19.1. The van der Waals surface area contributed by atoms with Crippen LogP contribution in [0, 0.1) is 5.82 Å². The Bertz CT molecular complexity index is 473. The van der Waals surface area contributed by atoms with Gasteiger partial charge in [-0.1, -0.05) is 6.07 Å². The number of rotatable bonds is 5. The Hall–Kier alpha value is -1.62. The van der Waals surface area contributed by atoms with Crippen molar-refractivity contribution in [2.45, 2.75) is 32.2 Å². The van der Waals surface area contributed by atoms with Gasteiger partial charge in [-0.15, -0.1) is 0 Å². The number of ether oxygens (including phenoxy) is 1. The van der Waals surface area contributed by atoms with Crippen LogP contribution in [0.1, 0.15) is 25.3 Å². The van der Waals surface area contributed by atoms with Crippen LogP contribution >= 0.6 is 0 Å². The highest BCUT2D eigenvalue weighted by molar-refractivity contribution is 5.75. The number of esters is 1. The predicted molar refractivity (Wildman–Crippen MR) is 76.2 cm³/mol. The molecule has 0 spiro atoms. The van der Waals surface area contributed by atoms with Gasteiger partial charge in [0.05, 0.1) is 6.61 Å². The summed E-state index contributed by atoms with van der Waals surface area (Å²) < 4.78 is 18.9. The van der Waals surface area contributed by atoms with E-state index < -0.39 is 12.0 Å². The standard InChI is InChI=1S/C15H21FN2O2/c1-2-20-15(19)14(17)9-11-5-6-12(10-13(11)16)18-7-3-4-8-18/h5-6,10,14H,2-4,7-9,17H2,1H3. The molecule has 1 aliphatic heterocycles. The number of carbonyl (C=O) groups excluding carboxylic acids is 1. The Labute approximate surface area is 118 Å². The first-order valence-corrected chi connectivity index (χ1v) is 7.07. The molecule has 0 bridgehead atoms. The largest absolute Gasteiger partial charge is 0.465 e. The monoisotopic (exact) mass is 280 g/mol. The van der Waals surface area contributed by atoms with Crippen molar-refractivity contribution in [3.63, 3.8) is 0 Å². The third-order valence-corrected chi connectivity index (χ3v) is 3.54. The van der Waals surface area contributed by atoms with Crippen molar-refractivity contribution in [2.75, 3.05) is 24.6 Å². The molecular weight excluding hydrogens is 259 g/mol. The van der Waals surface area contributed by atoms with Crippen LogP contribution < -0.4 is 10.6 Å². The van der Waals surface area contributed by atoms with Crippen molar-refractivity contribution in [3.05, 3.63) is 29.6 Å². The lowest BCUT2D eigenvalue weighted by Crippen LogP contribution is -2.34. The number of anilines is 1. The lowest BCUT2D eigenvalue weighted by atomic mass is 10.1. The Morgan fingerprint density at radius 3 is 2.75 bits per heavy atom. The van der Waals surface area contributed by atoms with Gasteiger partial charge in [0.25, 0.3) is 0 Å². The zero-order valence-corrected chi connectivity index (χ0v) is 11.8. The summed E-state index contributed by atoms with van der Waals surface area (Å²) in [5, 5.41) is 0. The molecule has 110 valence electrons. The van der Waals surface area contributed by atoms with E-state index in [0.29, 0.717) is 5.56 Å². The lowest BCUT2D eigenvalue weighted by molar-refractivity contribution is -0.144. The van der Waals surface area contributed by atoms with Gasteiger partial charge in [-0.25, -0.2) is 4.39 Å². The summed E-state index contributed by atoms with van der Waals surface area (Å²) in [5.41, 5.74) is 7.06. The molecule has 2 rings (SSSR count). The second-order valence-corrected chi connectivity index (χ2v) is 5.03. The van der Waals surface area contributed by atoms with E-state index in [1.807, 2.05) is 6.07 Å². The molecule has 1 aromatic carbocycles. The predicted octanol–water partition coefficient (Wildman–Crippen LogP) is 1.86. The van der Waals surface area contributed by atoms with E-state index in [2.05, 4.69) is 4.90 Å². The van der Waals surface area contributed by atoms with Crippen molar-refractivity contribution in [3.8, 4) is 0 Å². The zero-order valence-electron chi connectivity index (χ0n) is 11.8. The molecule has 1 saturated heterocycles. The van der Waals surface area contributed by atoms with Crippen LogP contribution in [0.3, 0.4) is 0 Å². The van der Waals surface area contributed by atoms with Crippen molar-refractivity contribution in [1.29, 1.82) is 0 Å². The normalized spacial score (nSPS) is 16.2. The Balaban J connectivity index is 2.03. The number of nitrogens with zero attached hydrogens (tertiary/aromatic N) is 1. The summed E-state index contributed by atoms with van der Waals surface area (Å²) in [6.45, 7) is 3.95. The van der Waals surface area contributed by atoms with Gasteiger partial charge in [0.1, 0.15) is 11.9 Å². The molecule has 0 aliphatic carbocycles. The van der Waals surface area contributed by atoms with E-state index in [4.69, 9.17) is 10.5 Å². The first-order chi connectivity index (χ1) is 9.61. The minimum atomic E-state index is -0.818. The molecule has 1 unspecified atom stereocenters. The summed E-state index contributed by atoms with van der Waals surface area (Å²) in [6, 6.07) is 4.31. The van der Waals surface area contributed by atoms with Crippen LogP contribution in [0.15, 0.2) is 18.2 Å². The molecule has 5 heteroatoms. The third kappa shape index (κ3) is 3.48. The van der Waals surface area contributed by atoms with Gasteiger partial charge in [-0.05, 0) is 37.5 Å². The molecule has 1 aliphatic rings. The Kier molecular flexibility index (Phi) is 4.95. The number of carbonyl (C=O) groups is 1. The summed E-state index contributed by atoms with van der Waals surface area (Å²) in [7, 11) is 0.